The Morgan fingerprint density at radius 1 is 1.00 bits per heavy atom. The first kappa shape index (κ1) is 12.4. The minimum atomic E-state index is 0.112. The second-order valence-corrected chi connectivity index (χ2v) is 6.28. The molecule has 0 spiro atoms. The van der Waals surface area contributed by atoms with E-state index in [2.05, 4.69) is 12.2 Å². The molecule has 0 bridgehead atoms. The number of hydrogen-bond acceptors (Lipinski definition) is 2. The zero-order valence-corrected chi connectivity index (χ0v) is 10.9. The van der Waals surface area contributed by atoms with Crippen molar-refractivity contribution in [3.63, 3.8) is 0 Å². The Kier molecular flexibility index (Phi) is 3.91. The Morgan fingerprint density at radius 2 is 1.69 bits per heavy atom. The summed E-state index contributed by atoms with van der Waals surface area (Å²) in [5, 5.41) is 3.66. The fourth-order valence-electron chi connectivity index (χ4n) is 3.23. The largest absolute Gasteiger partial charge is 0.324 e. The lowest BCUT2D eigenvalue weighted by Crippen LogP contribution is -2.50. The SMILES string of the molecule is CCCC1(CNCC2(N)CCCCC2)CC1. The fraction of sp³-hybridized carbons (Fsp3) is 1.00. The predicted molar refractivity (Wildman–Crippen MR) is 69.4 cm³/mol. The van der Waals surface area contributed by atoms with Crippen molar-refractivity contribution < 1.29 is 0 Å². The van der Waals surface area contributed by atoms with Crippen LogP contribution < -0.4 is 11.1 Å². The zero-order valence-electron chi connectivity index (χ0n) is 10.9. The Labute approximate surface area is 100 Å². The molecule has 0 radical (unpaired) electrons. The van der Waals surface area contributed by atoms with Crippen molar-refractivity contribution in [1.29, 1.82) is 0 Å². The predicted octanol–water partition coefficient (Wildman–Crippen LogP) is 2.82. The van der Waals surface area contributed by atoms with Gasteiger partial charge in [0.1, 0.15) is 0 Å². The number of nitrogens with one attached hydrogen (secondary N) is 1. The second kappa shape index (κ2) is 5.05. The van der Waals surface area contributed by atoms with Crippen LogP contribution >= 0.6 is 0 Å². The lowest BCUT2D eigenvalue weighted by atomic mass is 9.82. The molecule has 16 heavy (non-hydrogen) atoms. The molecule has 94 valence electrons. The molecule has 2 aliphatic carbocycles. The third-order valence-electron chi connectivity index (χ3n) is 4.56. The van der Waals surface area contributed by atoms with Crippen LogP contribution in [-0.2, 0) is 0 Å². The van der Waals surface area contributed by atoms with Crippen molar-refractivity contribution in [2.45, 2.75) is 70.3 Å². The van der Waals surface area contributed by atoms with Gasteiger partial charge in [0, 0.05) is 18.6 Å². The highest BCUT2D eigenvalue weighted by Crippen LogP contribution is 2.48. The highest BCUT2D eigenvalue weighted by atomic mass is 15.0. The third kappa shape index (κ3) is 3.21. The van der Waals surface area contributed by atoms with E-state index in [4.69, 9.17) is 5.73 Å². The molecule has 0 heterocycles. The minimum absolute atomic E-state index is 0.112. The van der Waals surface area contributed by atoms with Gasteiger partial charge >= 0.3 is 0 Å². The Hall–Kier alpha value is -0.0800. The molecule has 0 saturated heterocycles. The summed E-state index contributed by atoms with van der Waals surface area (Å²) in [5.74, 6) is 0. The molecule has 0 aromatic heterocycles. The smallest absolute Gasteiger partial charge is 0.0280 e. The average molecular weight is 224 g/mol. The molecule has 0 atom stereocenters. The van der Waals surface area contributed by atoms with Crippen molar-refractivity contribution in [2.24, 2.45) is 11.1 Å². The Balaban J connectivity index is 1.67. The number of hydrogen-bond donors (Lipinski definition) is 2. The number of nitrogens with two attached hydrogens (primary N) is 1. The van der Waals surface area contributed by atoms with E-state index in [1.54, 1.807) is 0 Å². The van der Waals surface area contributed by atoms with Gasteiger partial charge in [0.25, 0.3) is 0 Å². The maximum atomic E-state index is 6.42. The van der Waals surface area contributed by atoms with E-state index in [1.165, 1.54) is 64.3 Å². The summed E-state index contributed by atoms with van der Waals surface area (Å²) in [7, 11) is 0. The van der Waals surface area contributed by atoms with Crippen molar-refractivity contribution >= 4 is 0 Å². The summed E-state index contributed by atoms with van der Waals surface area (Å²) < 4.78 is 0. The lowest BCUT2D eigenvalue weighted by molar-refractivity contribution is 0.273. The highest BCUT2D eigenvalue weighted by Gasteiger charge is 2.41. The van der Waals surface area contributed by atoms with Gasteiger partial charge in [-0.05, 0) is 37.5 Å². The quantitative estimate of drug-likeness (QED) is 0.728. The molecular formula is C14H28N2. The molecule has 2 aliphatic rings. The van der Waals surface area contributed by atoms with Crippen LogP contribution in [0.5, 0.6) is 0 Å². The van der Waals surface area contributed by atoms with Gasteiger partial charge in [0.15, 0.2) is 0 Å². The van der Waals surface area contributed by atoms with E-state index in [0.717, 1.165) is 6.54 Å². The fourth-order valence-corrected chi connectivity index (χ4v) is 3.23. The molecular weight excluding hydrogens is 196 g/mol. The van der Waals surface area contributed by atoms with Crippen LogP contribution in [0, 0.1) is 5.41 Å². The Morgan fingerprint density at radius 3 is 2.25 bits per heavy atom. The van der Waals surface area contributed by atoms with E-state index in [-0.39, 0.29) is 5.54 Å². The van der Waals surface area contributed by atoms with E-state index in [9.17, 15) is 0 Å². The summed E-state index contributed by atoms with van der Waals surface area (Å²) in [6, 6.07) is 0. The molecule has 0 aromatic carbocycles. The van der Waals surface area contributed by atoms with E-state index in [0.29, 0.717) is 5.41 Å². The third-order valence-corrected chi connectivity index (χ3v) is 4.56. The van der Waals surface area contributed by atoms with Crippen LogP contribution in [0.4, 0.5) is 0 Å². The standard InChI is InChI=1S/C14H28N2/c1-2-6-13(9-10-13)11-16-12-14(15)7-4-3-5-8-14/h16H,2-12,15H2,1H3. The van der Waals surface area contributed by atoms with Crippen LogP contribution in [0.2, 0.25) is 0 Å². The lowest BCUT2D eigenvalue weighted by Gasteiger charge is -2.34. The van der Waals surface area contributed by atoms with Crippen molar-refractivity contribution in [3.8, 4) is 0 Å². The van der Waals surface area contributed by atoms with Crippen LogP contribution in [0.25, 0.3) is 0 Å². The summed E-state index contributed by atoms with van der Waals surface area (Å²) in [4.78, 5) is 0. The summed E-state index contributed by atoms with van der Waals surface area (Å²) in [5.41, 5.74) is 7.20. The molecule has 2 heteroatoms. The molecule has 2 fully saturated rings. The molecule has 2 nitrogen and oxygen atoms in total. The molecule has 0 unspecified atom stereocenters. The topological polar surface area (TPSA) is 38.0 Å². The molecule has 0 aliphatic heterocycles. The highest BCUT2D eigenvalue weighted by molar-refractivity contribution is 4.96. The molecule has 0 aromatic rings. The van der Waals surface area contributed by atoms with Gasteiger partial charge in [-0.3, -0.25) is 0 Å². The maximum absolute atomic E-state index is 6.42. The average Bonchev–Trinajstić information content (AvgIpc) is 2.99. The second-order valence-electron chi connectivity index (χ2n) is 6.28. The maximum Gasteiger partial charge on any atom is 0.0280 e. The normalized spacial score (nSPS) is 26.6. The minimum Gasteiger partial charge on any atom is -0.324 e. The van der Waals surface area contributed by atoms with Gasteiger partial charge in [0.2, 0.25) is 0 Å². The van der Waals surface area contributed by atoms with Gasteiger partial charge in [-0.25, -0.2) is 0 Å². The zero-order chi connectivity index (χ0) is 11.5. The van der Waals surface area contributed by atoms with Gasteiger partial charge in [-0.1, -0.05) is 32.6 Å². The first-order valence-electron chi connectivity index (χ1n) is 7.18. The van der Waals surface area contributed by atoms with Crippen molar-refractivity contribution in [3.05, 3.63) is 0 Å². The Bertz CT molecular complexity index is 215. The summed E-state index contributed by atoms with van der Waals surface area (Å²) in [6.45, 7) is 4.55. The first-order valence-corrected chi connectivity index (χ1v) is 7.18. The monoisotopic (exact) mass is 224 g/mol. The van der Waals surface area contributed by atoms with Crippen LogP contribution in [0.1, 0.15) is 64.7 Å². The molecule has 3 N–H and O–H groups in total. The van der Waals surface area contributed by atoms with Crippen LogP contribution in [0.3, 0.4) is 0 Å². The van der Waals surface area contributed by atoms with E-state index in [1.807, 2.05) is 0 Å². The van der Waals surface area contributed by atoms with Crippen LogP contribution in [-0.4, -0.2) is 18.6 Å². The molecule has 2 rings (SSSR count). The summed E-state index contributed by atoms with van der Waals surface area (Å²) >= 11 is 0. The summed E-state index contributed by atoms with van der Waals surface area (Å²) in [6.07, 6.45) is 12.1. The molecule has 2 saturated carbocycles. The van der Waals surface area contributed by atoms with Gasteiger partial charge < -0.3 is 11.1 Å². The van der Waals surface area contributed by atoms with Crippen molar-refractivity contribution in [2.75, 3.05) is 13.1 Å². The van der Waals surface area contributed by atoms with Gasteiger partial charge in [-0.15, -0.1) is 0 Å². The first-order chi connectivity index (χ1) is 7.68. The van der Waals surface area contributed by atoms with Crippen molar-refractivity contribution in [1.82, 2.24) is 5.32 Å². The van der Waals surface area contributed by atoms with E-state index >= 15 is 0 Å². The number of rotatable bonds is 6. The van der Waals surface area contributed by atoms with Gasteiger partial charge in [0.05, 0.1) is 0 Å². The van der Waals surface area contributed by atoms with Crippen LogP contribution in [0.15, 0.2) is 0 Å². The van der Waals surface area contributed by atoms with E-state index < -0.39 is 0 Å². The molecule has 0 amide bonds. The van der Waals surface area contributed by atoms with Gasteiger partial charge in [-0.2, -0.15) is 0 Å².